The van der Waals surface area contributed by atoms with E-state index in [1.165, 1.54) is 0 Å². The molecule has 0 saturated carbocycles. The van der Waals surface area contributed by atoms with Crippen molar-refractivity contribution in [3.8, 4) is 0 Å². The van der Waals surface area contributed by atoms with Crippen molar-refractivity contribution in [3.05, 3.63) is 33.8 Å². The minimum atomic E-state index is -0.740. The van der Waals surface area contributed by atoms with E-state index in [9.17, 15) is 4.79 Å². The van der Waals surface area contributed by atoms with Crippen molar-refractivity contribution in [1.82, 2.24) is 0 Å². The second kappa shape index (κ2) is 4.09. The number of halogens is 3. The molecule has 1 aromatic rings. The molecule has 14 heavy (non-hydrogen) atoms. The molecule has 1 rings (SSSR count). The van der Waals surface area contributed by atoms with E-state index in [0.717, 1.165) is 5.56 Å². The van der Waals surface area contributed by atoms with Crippen LogP contribution in [0.3, 0.4) is 0 Å². The second-order valence-corrected chi connectivity index (χ2v) is 4.69. The topological polar surface area (TPSA) is 17.1 Å². The summed E-state index contributed by atoms with van der Waals surface area (Å²) >= 11 is 17.1. The number of carbonyl (C=O) groups is 1. The third-order valence-electron chi connectivity index (χ3n) is 2.13. The molecule has 0 aromatic heterocycles. The lowest BCUT2D eigenvalue weighted by molar-refractivity contribution is -0.115. The van der Waals surface area contributed by atoms with Gasteiger partial charge in [0.15, 0.2) is 0 Å². The molecule has 0 N–H and O–H groups in total. The summed E-state index contributed by atoms with van der Waals surface area (Å²) in [6, 6.07) is 5.06. The third kappa shape index (κ3) is 2.22. The zero-order chi connectivity index (χ0) is 10.9. The molecule has 0 fully saturated rings. The molecule has 0 aliphatic heterocycles. The first-order valence-electron chi connectivity index (χ1n) is 4.01. The molecule has 0 atom stereocenters. The van der Waals surface area contributed by atoms with Gasteiger partial charge in [-0.1, -0.05) is 29.3 Å². The highest BCUT2D eigenvalue weighted by atomic mass is 35.5. The van der Waals surface area contributed by atoms with Crippen molar-refractivity contribution < 1.29 is 4.79 Å². The molecule has 1 aromatic carbocycles. The van der Waals surface area contributed by atoms with Gasteiger partial charge in [0.05, 0.1) is 15.5 Å². The molecule has 4 heteroatoms. The Bertz CT molecular complexity index is 372. The molecule has 0 aliphatic carbocycles. The number of hydrogen-bond acceptors (Lipinski definition) is 1. The van der Waals surface area contributed by atoms with Crippen molar-refractivity contribution in [2.45, 2.75) is 19.3 Å². The Labute approximate surface area is 98.0 Å². The standard InChI is InChI=1S/C10H9Cl3O/c1-10(2,9(13)14)6-3-4-7(11)8(12)5-6/h3-5H,1-2H3. The summed E-state index contributed by atoms with van der Waals surface area (Å²) in [6.45, 7) is 3.48. The van der Waals surface area contributed by atoms with Crippen LogP contribution in [0.2, 0.25) is 10.0 Å². The van der Waals surface area contributed by atoms with Crippen LogP contribution in [-0.2, 0) is 10.2 Å². The highest BCUT2D eigenvalue weighted by Crippen LogP contribution is 2.31. The maximum atomic E-state index is 11.2. The SMILES string of the molecule is CC(C)(C(=O)Cl)c1ccc(Cl)c(Cl)c1. The fourth-order valence-corrected chi connectivity index (χ4v) is 1.41. The smallest absolute Gasteiger partial charge is 0.231 e. The Hall–Kier alpha value is -0.240. The van der Waals surface area contributed by atoms with Gasteiger partial charge >= 0.3 is 0 Å². The molecule has 0 unspecified atom stereocenters. The van der Waals surface area contributed by atoms with Gasteiger partial charge in [-0.05, 0) is 43.1 Å². The van der Waals surface area contributed by atoms with Crippen molar-refractivity contribution >= 4 is 40.0 Å². The highest BCUT2D eigenvalue weighted by molar-refractivity contribution is 6.65. The lowest BCUT2D eigenvalue weighted by Gasteiger charge is -2.20. The van der Waals surface area contributed by atoms with Gasteiger partial charge in [0.2, 0.25) is 5.24 Å². The zero-order valence-electron chi connectivity index (χ0n) is 7.77. The van der Waals surface area contributed by atoms with Crippen molar-refractivity contribution in [1.29, 1.82) is 0 Å². The van der Waals surface area contributed by atoms with Crippen LogP contribution in [0.1, 0.15) is 19.4 Å². The lowest BCUT2D eigenvalue weighted by atomic mass is 9.86. The Kier molecular flexibility index (Phi) is 3.46. The predicted molar refractivity (Wildman–Crippen MR) is 60.3 cm³/mol. The van der Waals surface area contributed by atoms with Gasteiger partial charge in [-0.15, -0.1) is 0 Å². The molecule has 0 radical (unpaired) electrons. The lowest BCUT2D eigenvalue weighted by Crippen LogP contribution is -2.24. The number of benzene rings is 1. The van der Waals surface area contributed by atoms with Crippen LogP contribution in [0, 0.1) is 0 Å². The molecular formula is C10H9Cl3O. The van der Waals surface area contributed by atoms with Crippen LogP contribution in [0.5, 0.6) is 0 Å². The Morgan fingerprint density at radius 1 is 1.21 bits per heavy atom. The average molecular weight is 252 g/mol. The predicted octanol–water partition coefficient (Wildman–Crippen LogP) is 4.04. The minimum Gasteiger partial charge on any atom is -0.280 e. The summed E-state index contributed by atoms with van der Waals surface area (Å²) in [5.74, 6) is 0. The summed E-state index contributed by atoms with van der Waals surface area (Å²) in [5, 5.41) is 0.472. The largest absolute Gasteiger partial charge is 0.280 e. The Morgan fingerprint density at radius 2 is 1.79 bits per heavy atom. The van der Waals surface area contributed by atoms with Gasteiger partial charge in [-0.2, -0.15) is 0 Å². The first kappa shape index (κ1) is 11.8. The molecule has 0 saturated heterocycles. The molecule has 76 valence electrons. The van der Waals surface area contributed by atoms with Gasteiger partial charge in [-0.3, -0.25) is 4.79 Å². The van der Waals surface area contributed by atoms with Crippen LogP contribution in [0.25, 0.3) is 0 Å². The molecule has 0 amide bonds. The van der Waals surface area contributed by atoms with Crippen LogP contribution in [-0.4, -0.2) is 5.24 Å². The Balaban J connectivity index is 3.21. The summed E-state index contributed by atoms with van der Waals surface area (Å²) in [7, 11) is 0. The normalized spacial score (nSPS) is 11.5. The van der Waals surface area contributed by atoms with Crippen molar-refractivity contribution in [3.63, 3.8) is 0 Å². The minimum absolute atomic E-state index is 0.420. The maximum absolute atomic E-state index is 11.2. The van der Waals surface area contributed by atoms with Gasteiger partial charge in [-0.25, -0.2) is 0 Å². The fourth-order valence-electron chi connectivity index (χ4n) is 0.998. The van der Waals surface area contributed by atoms with Gasteiger partial charge < -0.3 is 0 Å². The first-order chi connectivity index (χ1) is 6.35. The summed E-state index contributed by atoms with van der Waals surface area (Å²) in [6.07, 6.45) is 0. The molecular weight excluding hydrogens is 242 g/mol. The molecule has 0 spiro atoms. The van der Waals surface area contributed by atoms with E-state index in [1.54, 1.807) is 32.0 Å². The van der Waals surface area contributed by atoms with Gasteiger partial charge in [0.25, 0.3) is 0 Å². The maximum Gasteiger partial charge on any atom is 0.231 e. The number of hydrogen-bond donors (Lipinski definition) is 0. The highest BCUT2D eigenvalue weighted by Gasteiger charge is 2.28. The monoisotopic (exact) mass is 250 g/mol. The van der Waals surface area contributed by atoms with E-state index < -0.39 is 10.7 Å². The van der Waals surface area contributed by atoms with E-state index in [0.29, 0.717) is 10.0 Å². The van der Waals surface area contributed by atoms with Gasteiger partial charge in [0.1, 0.15) is 0 Å². The average Bonchev–Trinajstić information content (AvgIpc) is 2.09. The van der Waals surface area contributed by atoms with E-state index in [1.807, 2.05) is 0 Å². The third-order valence-corrected chi connectivity index (χ3v) is 3.34. The number of carbonyl (C=O) groups excluding carboxylic acids is 1. The molecule has 0 bridgehead atoms. The quantitative estimate of drug-likeness (QED) is 0.725. The first-order valence-corrected chi connectivity index (χ1v) is 5.14. The van der Waals surface area contributed by atoms with Crippen LogP contribution in [0.4, 0.5) is 0 Å². The molecule has 1 nitrogen and oxygen atoms in total. The van der Waals surface area contributed by atoms with Crippen molar-refractivity contribution in [2.75, 3.05) is 0 Å². The van der Waals surface area contributed by atoms with Crippen LogP contribution >= 0.6 is 34.8 Å². The second-order valence-electron chi connectivity index (χ2n) is 3.53. The summed E-state index contributed by atoms with van der Waals surface area (Å²) < 4.78 is 0. The Morgan fingerprint density at radius 3 is 2.21 bits per heavy atom. The van der Waals surface area contributed by atoms with E-state index >= 15 is 0 Å². The van der Waals surface area contributed by atoms with E-state index in [2.05, 4.69) is 0 Å². The molecule has 0 aliphatic rings. The van der Waals surface area contributed by atoms with E-state index in [-0.39, 0.29) is 0 Å². The van der Waals surface area contributed by atoms with Crippen molar-refractivity contribution in [2.24, 2.45) is 0 Å². The summed E-state index contributed by atoms with van der Waals surface area (Å²) in [5.41, 5.74) is 0.0161. The molecule has 0 heterocycles. The van der Waals surface area contributed by atoms with E-state index in [4.69, 9.17) is 34.8 Å². The van der Waals surface area contributed by atoms with Gasteiger partial charge in [0, 0.05) is 0 Å². The fraction of sp³-hybridized carbons (Fsp3) is 0.300. The zero-order valence-corrected chi connectivity index (χ0v) is 10.0. The number of rotatable bonds is 2. The van der Waals surface area contributed by atoms with Crippen LogP contribution < -0.4 is 0 Å². The van der Waals surface area contributed by atoms with Crippen LogP contribution in [0.15, 0.2) is 18.2 Å². The summed E-state index contributed by atoms with van der Waals surface area (Å²) in [4.78, 5) is 11.2.